The molecule has 1 N–H and O–H groups in total. The van der Waals surface area contributed by atoms with Crippen molar-refractivity contribution in [2.45, 2.75) is 26.3 Å². The Morgan fingerprint density at radius 1 is 1.13 bits per heavy atom. The van der Waals surface area contributed by atoms with Gasteiger partial charge >= 0.3 is 0 Å². The molecule has 0 fully saturated rings. The van der Waals surface area contributed by atoms with Gasteiger partial charge in [-0.1, -0.05) is 23.7 Å². The molecule has 162 valence electrons. The zero-order valence-electron chi connectivity index (χ0n) is 17.1. The quantitative estimate of drug-likeness (QED) is 0.537. The van der Waals surface area contributed by atoms with Gasteiger partial charge < -0.3 is 14.6 Å². The molecule has 0 aliphatic rings. The summed E-state index contributed by atoms with van der Waals surface area (Å²) in [6, 6.07) is 13.1. The Hall–Kier alpha value is -3.19. The van der Waals surface area contributed by atoms with Gasteiger partial charge in [-0.25, -0.2) is 9.37 Å². The SMILES string of the molecule is CCN(CC(=O)NCc1ccc(F)cc1)C(=O)CCc1ncc(-c2ccc(Cl)cc2)o1. The van der Waals surface area contributed by atoms with Gasteiger partial charge in [0.05, 0.1) is 12.7 Å². The Morgan fingerprint density at radius 3 is 2.52 bits per heavy atom. The van der Waals surface area contributed by atoms with Crippen molar-refractivity contribution in [3.05, 3.63) is 77.0 Å². The Morgan fingerprint density at radius 2 is 1.84 bits per heavy atom. The molecule has 1 aromatic heterocycles. The molecule has 3 aromatic rings. The lowest BCUT2D eigenvalue weighted by Gasteiger charge is -2.20. The summed E-state index contributed by atoms with van der Waals surface area (Å²) in [4.78, 5) is 30.4. The van der Waals surface area contributed by atoms with Crippen LogP contribution in [-0.4, -0.2) is 34.8 Å². The van der Waals surface area contributed by atoms with Crippen molar-refractivity contribution in [2.75, 3.05) is 13.1 Å². The van der Waals surface area contributed by atoms with Crippen LogP contribution in [0.15, 0.2) is 59.1 Å². The lowest BCUT2D eigenvalue weighted by molar-refractivity contribution is -0.135. The number of nitrogens with zero attached hydrogens (tertiary/aromatic N) is 2. The normalized spacial score (nSPS) is 10.7. The van der Waals surface area contributed by atoms with E-state index in [4.69, 9.17) is 16.0 Å². The Kier molecular flexibility index (Phi) is 7.78. The van der Waals surface area contributed by atoms with Crippen LogP contribution in [0.25, 0.3) is 11.3 Å². The molecule has 0 bridgehead atoms. The largest absolute Gasteiger partial charge is 0.441 e. The lowest BCUT2D eigenvalue weighted by atomic mass is 10.2. The van der Waals surface area contributed by atoms with E-state index in [0.29, 0.717) is 29.6 Å². The molecule has 31 heavy (non-hydrogen) atoms. The van der Waals surface area contributed by atoms with Crippen LogP contribution in [0.3, 0.4) is 0 Å². The van der Waals surface area contributed by atoms with Crippen LogP contribution in [-0.2, 0) is 22.6 Å². The second kappa shape index (κ2) is 10.7. The maximum absolute atomic E-state index is 12.9. The van der Waals surface area contributed by atoms with Crippen LogP contribution in [0.2, 0.25) is 5.02 Å². The van der Waals surface area contributed by atoms with Gasteiger partial charge in [-0.15, -0.1) is 0 Å². The smallest absolute Gasteiger partial charge is 0.239 e. The van der Waals surface area contributed by atoms with Gasteiger partial charge in [-0.2, -0.15) is 0 Å². The summed E-state index contributed by atoms with van der Waals surface area (Å²) < 4.78 is 18.7. The average molecular weight is 444 g/mol. The summed E-state index contributed by atoms with van der Waals surface area (Å²) in [5, 5.41) is 3.38. The molecule has 6 nitrogen and oxygen atoms in total. The zero-order valence-corrected chi connectivity index (χ0v) is 17.9. The number of likely N-dealkylation sites (N-methyl/N-ethyl adjacent to an activating group) is 1. The molecule has 0 radical (unpaired) electrons. The minimum Gasteiger partial charge on any atom is -0.441 e. The van der Waals surface area contributed by atoms with E-state index in [9.17, 15) is 14.0 Å². The van der Waals surface area contributed by atoms with Crippen LogP contribution < -0.4 is 5.32 Å². The van der Waals surface area contributed by atoms with Gasteiger partial charge in [-0.3, -0.25) is 9.59 Å². The number of oxazole rings is 1. The summed E-state index contributed by atoms with van der Waals surface area (Å²) in [6.45, 7) is 2.45. The number of benzene rings is 2. The standard InChI is InChI=1S/C23H23ClFN3O3/c1-2-28(15-21(29)26-13-16-3-9-19(25)10-4-16)23(30)12-11-22-27-14-20(31-22)17-5-7-18(24)8-6-17/h3-10,14H,2,11-13,15H2,1H3,(H,26,29). The maximum atomic E-state index is 12.9. The summed E-state index contributed by atoms with van der Waals surface area (Å²) in [7, 11) is 0. The number of rotatable bonds is 9. The molecule has 0 aliphatic carbocycles. The second-order valence-electron chi connectivity index (χ2n) is 6.94. The Bertz CT molecular complexity index is 1020. The van der Waals surface area contributed by atoms with Gasteiger partial charge in [0.25, 0.3) is 0 Å². The van der Waals surface area contributed by atoms with Gasteiger partial charge in [-0.05, 0) is 48.9 Å². The Labute approximate surface area is 185 Å². The molecule has 0 aliphatic heterocycles. The molecule has 8 heteroatoms. The van der Waals surface area contributed by atoms with E-state index in [-0.39, 0.29) is 37.1 Å². The van der Waals surface area contributed by atoms with Crippen molar-refractivity contribution in [1.29, 1.82) is 0 Å². The Balaban J connectivity index is 1.47. The topological polar surface area (TPSA) is 75.4 Å². The minimum absolute atomic E-state index is 0.0435. The van der Waals surface area contributed by atoms with Crippen LogP contribution in [0, 0.1) is 5.82 Å². The first kappa shape index (κ1) is 22.5. The number of aromatic nitrogens is 1. The van der Waals surface area contributed by atoms with Crippen LogP contribution in [0.5, 0.6) is 0 Å². The number of halogens is 2. The summed E-state index contributed by atoms with van der Waals surface area (Å²) in [6.07, 6.45) is 2.13. The molecule has 0 atom stereocenters. The first-order valence-corrected chi connectivity index (χ1v) is 10.3. The second-order valence-corrected chi connectivity index (χ2v) is 7.37. The van der Waals surface area contributed by atoms with Gasteiger partial charge in [0.2, 0.25) is 11.8 Å². The summed E-state index contributed by atoms with van der Waals surface area (Å²) in [5.41, 5.74) is 1.63. The molecular weight excluding hydrogens is 421 g/mol. The van der Waals surface area contributed by atoms with E-state index >= 15 is 0 Å². The molecule has 0 saturated carbocycles. The molecule has 1 heterocycles. The van der Waals surface area contributed by atoms with Crippen molar-refractivity contribution < 1.29 is 18.4 Å². The summed E-state index contributed by atoms with van der Waals surface area (Å²) in [5.74, 6) is 0.289. The monoisotopic (exact) mass is 443 g/mol. The van der Waals surface area contributed by atoms with Crippen LogP contribution >= 0.6 is 11.6 Å². The zero-order chi connectivity index (χ0) is 22.2. The molecule has 2 amide bonds. The molecule has 0 saturated heterocycles. The van der Waals surface area contributed by atoms with E-state index in [2.05, 4.69) is 10.3 Å². The number of carbonyl (C=O) groups excluding carboxylic acids is 2. The highest BCUT2D eigenvalue weighted by molar-refractivity contribution is 6.30. The third-order valence-corrected chi connectivity index (χ3v) is 4.96. The number of aryl methyl sites for hydroxylation is 1. The third-order valence-electron chi connectivity index (χ3n) is 4.71. The van der Waals surface area contributed by atoms with Gasteiger partial charge in [0.1, 0.15) is 5.82 Å². The van der Waals surface area contributed by atoms with Crippen LogP contribution in [0.4, 0.5) is 4.39 Å². The van der Waals surface area contributed by atoms with Crippen molar-refractivity contribution in [1.82, 2.24) is 15.2 Å². The highest BCUT2D eigenvalue weighted by atomic mass is 35.5. The van der Waals surface area contributed by atoms with Gasteiger partial charge in [0, 0.05) is 36.5 Å². The fraction of sp³-hybridized carbons (Fsp3) is 0.261. The van der Waals surface area contributed by atoms with E-state index in [0.717, 1.165) is 11.1 Å². The average Bonchev–Trinajstić information content (AvgIpc) is 3.25. The lowest BCUT2D eigenvalue weighted by Crippen LogP contribution is -2.40. The molecular formula is C23H23ClFN3O3. The van der Waals surface area contributed by atoms with Crippen molar-refractivity contribution in [2.24, 2.45) is 0 Å². The van der Waals surface area contributed by atoms with E-state index in [1.165, 1.54) is 17.0 Å². The van der Waals surface area contributed by atoms with E-state index in [1.54, 1.807) is 30.5 Å². The highest BCUT2D eigenvalue weighted by Crippen LogP contribution is 2.22. The number of hydrogen-bond donors (Lipinski definition) is 1. The van der Waals surface area contributed by atoms with Crippen molar-refractivity contribution in [3.63, 3.8) is 0 Å². The fourth-order valence-corrected chi connectivity index (χ4v) is 3.08. The number of hydrogen-bond acceptors (Lipinski definition) is 4. The number of carbonyl (C=O) groups is 2. The first-order chi connectivity index (χ1) is 14.9. The maximum Gasteiger partial charge on any atom is 0.239 e. The van der Waals surface area contributed by atoms with Crippen LogP contribution in [0.1, 0.15) is 24.8 Å². The van der Waals surface area contributed by atoms with E-state index < -0.39 is 0 Å². The fourth-order valence-electron chi connectivity index (χ4n) is 2.95. The predicted octanol–water partition coefficient (Wildman–Crippen LogP) is 4.23. The molecule has 0 unspecified atom stereocenters. The number of amides is 2. The molecule has 3 rings (SSSR count). The minimum atomic E-state index is -0.329. The number of nitrogens with one attached hydrogen (secondary N) is 1. The van der Waals surface area contributed by atoms with Crippen molar-refractivity contribution in [3.8, 4) is 11.3 Å². The highest BCUT2D eigenvalue weighted by Gasteiger charge is 2.17. The molecule has 0 spiro atoms. The third kappa shape index (κ3) is 6.65. The van der Waals surface area contributed by atoms with E-state index in [1.807, 2.05) is 19.1 Å². The van der Waals surface area contributed by atoms with Gasteiger partial charge in [0.15, 0.2) is 11.7 Å². The summed E-state index contributed by atoms with van der Waals surface area (Å²) >= 11 is 5.89. The predicted molar refractivity (Wildman–Crippen MR) is 116 cm³/mol. The molecule has 2 aromatic carbocycles. The van der Waals surface area contributed by atoms with Crippen molar-refractivity contribution >= 4 is 23.4 Å². The first-order valence-electron chi connectivity index (χ1n) is 9.94.